The number of anilines is 1. The first-order valence-electron chi connectivity index (χ1n) is 3.71. The van der Waals surface area contributed by atoms with Crippen molar-refractivity contribution in [2.24, 2.45) is 16.2 Å². The van der Waals surface area contributed by atoms with E-state index < -0.39 is 0 Å². The molecule has 1 aromatic rings. The SMILES string of the molecule is CC(=O)Nc1ccc(N=NN)cc1. The summed E-state index contributed by atoms with van der Waals surface area (Å²) in [7, 11) is 0. The molecule has 1 aromatic carbocycles. The highest BCUT2D eigenvalue weighted by Gasteiger charge is 1.94. The summed E-state index contributed by atoms with van der Waals surface area (Å²) in [6, 6.07) is 6.88. The summed E-state index contributed by atoms with van der Waals surface area (Å²) in [4.78, 5) is 10.7. The predicted octanol–water partition coefficient (Wildman–Crippen LogP) is 1.60. The summed E-state index contributed by atoms with van der Waals surface area (Å²) in [5, 5.41) is 9.38. The Morgan fingerprint density at radius 1 is 1.38 bits per heavy atom. The van der Waals surface area contributed by atoms with Gasteiger partial charge in [0.05, 0.1) is 5.69 Å². The Bertz CT molecular complexity index is 317. The number of benzene rings is 1. The lowest BCUT2D eigenvalue weighted by Crippen LogP contribution is -2.04. The lowest BCUT2D eigenvalue weighted by molar-refractivity contribution is -0.114. The summed E-state index contributed by atoms with van der Waals surface area (Å²) >= 11 is 0. The lowest BCUT2D eigenvalue weighted by Gasteiger charge is -2.00. The van der Waals surface area contributed by atoms with Gasteiger partial charge in [-0.2, -0.15) is 0 Å². The summed E-state index contributed by atoms with van der Waals surface area (Å²) < 4.78 is 0. The minimum Gasteiger partial charge on any atom is -0.326 e. The van der Waals surface area contributed by atoms with Gasteiger partial charge in [0, 0.05) is 12.6 Å². The van der Waals surface area contributed by atoms with Crippen molar-refractivity contribution in [1.82, 2.24) is 0 Å². The first-order chi connectivity index (χ1) is 6.22. The Morgan fingerprint density at radius 3 is 2.46 bits per heavy atom. The van der Waals surface area contributed by atoms with E-state index in [1.54, 1.807) is 24.3 Å². The highest BCUT2D eigenvalue weighted by molar-refractivity contribution is 5.88. The van der Waals surface area contributed by atoms with E-state index in [0.717, 1.165) is 5.69 Å². The zero-order valence-electron chi connectivity index (χ0n) is 7.19. The summed E-state index contributed by atoms with van der Waals surface area (Å²) in [5.41, 5.74) is 1.38. The minimum atomic E-state index is -0.104. The molecule has 0 heterocycles. The number of rotatable bonds is 2. The smallest absolute Gasteiger partial charge is 0.221 e. The fourth-order valence-corrected chi connectivity index (χ4v) is 0.881. The Labute approximate surface area is 75.6 Å². The molecular formula is C8H10N4O. The van der Waals surface area contributed by atoms with Crippen molar-refractivity contribution < 1.29 is 4.79 Å². The van der Waals surface area contributed by atoms with Gasteiger partial charge in [-0.1, -0.05) is 5.22 Å². The second kappa shape index (κ2) is 4.20. The molecule has 0 spiro atoms. The van der Waals surface area contributed by atoms with Gasteiger partial charge in [0.1, 0.15) is 0 Å². The molecule has 0 saturated carbocycles. The van der Waals surface area contributed by atoms with Gasteiger partial charge in [0.15, 0.2) is 0 Å². The van der Waals surface area contributed by atoms with E-state index in [4.69, 9.17) is 5.84 Å². The average Bonchev–Trinajstić information content (AvgIpc) is 2.08. The van der Waals surface area contributed by atoms with Crippen LogP contribution in [0, 0.1) is 0 Å². The fourth-order valence-electron chi connectivity index (χ4n) is 0.881. The number of hydrogen-bond donors (Lipinski definition) is 2. The molecule has 0 unspecified atom stereocenters. The van der Waals surface area contributed by atoms with Crippen LogP contribution in [0.15, 0.2) is 34.6 Å². The molecule has 0 aliphatic carbocycles. The van der Waals surface area contributed by atoms with Gasteiger partial charge in [-0.25, -0.2) is 0 Å². The Morgan fingerprint density at radius 2 is 2.00 bits per heavy atom. The maximum Gasteiger partial charge on any atom is 0.221 e. The number of nitrogens with two attached hydrogens (primary N) is 1. The number of carbonyl (C=O) groups is 1. The number of nitrogens with zero attached hydrogens (tertiary/aromatic N) is 2. The van der Waals surface area contributed by atoms with Crippen molar-refractivity contribution in [3.05, 3.63) is 24.3 Å². The maximum absolute atomic E-state index is 10.7. The van der Waals surface area contributed by atoms with Gasteiger partial charge < -0.3 is 11.2 Å². The van der Waals surface area contributed by atoms with Crippen LogP contribution in [0.3, 0.4) is 0 Å². The van der Waals surface area contributed by atoms with E-state index in [-0.39, 0.29) is 5.91 Å². The van der Waals surface area contributed by atoms with E-state index in [1.807, 2.05) is 0 Å². The van der Waals surface area contributed by atoms with Crippen LogP contribution in [-0.2, 0) is 4.79 Å². The van der Waals surface area contributed by atoms with Crippen molar-refractivity contribution in [2.75, 3.05) is 5.32 Å². The number of amides is 1. The molecular weight excluding hydrogens is 168 g/mol. The first-order valence-corrected chi connectivity index (χ1v) is 3.71. The Hall–Kier alpha value is -1.91. The second-order valence-electron chi connectivity index (χ2n) is 2.44. The van der Waals surface area contributed by atoms with Crippen LogP contribution < -0.4 is 11.2 Å². The molecule has 0 radical (unpaired) electrons. The van der Waals surface area contributed by atoms with Crippen LogP contribution in [0.25, 0.3) is 0 Å². The summed E-state index contributed by atoms with van der Waals surface area (Å²) in [6.07, 6.45) is 0. The topological polar surface area (TPSA) is 79.8 Å². The maximum atomic E-state index is 10.7. The van der Waals surface area contributed by atoms with Crippen molar-refractivity contribution in [2.45, 2.75) is 6.92 Å². The molecule has 0 fully saturated rings. The Kier molecular flexibility index (Phi) is 2.97. The van der Waals surface area contributed by atoms with E-state index in [9.17, 15) is 4.79 Å². The predicted molar refractivity (Wildman–Crippen MR) is 49.4 cm³/mol. The monoisotopic (exact) mass is 178 g/mol. The zero-order valence-corrected chi connectivity index (χ0v) is 7.19. The van der Waals surface area contributed by atoms with Gasteiger partial charge in [-0.3, -0.25) is 4.79 Å². The van der Waals surface area contributed by atoms with Crippen LogP contribution in [0.2, 0.25) is 0 Å². The van der Waals surface area contributed by atoms with Gasteiger partial charge >= 0.3 is 0 Å². The molecule has 3 N–H and O–H groups in total. The lowest BCUT2D eigenvalue weighted by atomic mass is 10.3. The third-order valence-corrected chi connectivity index (χ3v) is 1.36. The molecule has 1 rings (SSSR count). The van der Waals surface area contributed by atoms with Crippen LogP contribution in [0.1, 0.15) is 6.92 Å². The van der Waals surface area contributed by atoms with Crippen LogP contribution >= 0.6 is 0 Å². The molecule has 0 aromatic heterocycles. The van der Waals surface area contributed by atoms with Crippen molar-refractivity contribution in [3.63, 3.8) is 0 Å². The molecule has 0 aliphatic heterocycles. The van der Waals surface area contributed by atoms with Crippen molar-refractivity contribution in [1.29, 1.82) is 0 Å². The molecule has 0 bridgehead atoms. The van der Waals surface area contributed by atoms with Gasteiger partial charge in [0.2, 0.25) is 5.91 Å². The number of carbonyl (C=O) groups excluding carboxylic acids is 1. The molecule has 0 saturated heterocycles. The summed E-state index contributed by atoms with van der Waals surface area (Å²) in [6.45, 7) is 1.45. The van der Waals surface area contributed by atoms with E-state index in [0.29, 0.717) is 5.69 Å². The van der Waals surface area contributed by atoms with Gasteiger partial charge in [-0.15, -0.1) is 5.11 Å². The molecule has 13 heavy (non-hydrogen) atoms. The average molecular weight is 178 g/mol. The highest BCUT2D eigenvalue weighted by atomic mass is 16.1. The van der Waals surface area contributed by atoms with Crippen LogP contribution in [0.5, 0.6) is 0 Å². The molecule has 5 nitrogen and oxygen atoms in total. The van der Waals surface area contributed by atoms with E-state index in [1.165, 1.54) is 6.92 Å². The molecule has 5 heteroatoms. The largest absolute Gasteiger partial charge is 0.326 e. The third-order valence-electron chi connectivity index (χ3n) is 1.36. The fraction of sp³-hybridized carbons (Fsp3) is 0.125. The highest BCUT2D eigenvalue weighted by Crippen LogP contribution is 2.15. The quantitative estimate of drug-likeness (QED) is 0.409. The van der Waals surface area contributed by atoms with E-state index in [2.05, 4.69) is 15.7 Å². The minimum absolute atomic E-state index is 0.104. The van der Waals surface area contributed by atoms with Crippen LogP contribution in [0.4, 0.5) is 11.4 Å². The van der Waals surface area contributed by atoms with Crippen molar-refractivity contribution >= 4 is 17.3 Å². The standard InChI is InChI=1S/C8H10N4O/c1-6(13)10-7-2-4-8(5-3-7)11-12-9/h2-5H,1H3,(H2,9,11)(H,10,13). The number of nitrogens with one attached hydrogen (secondary N) is 1. The second-order valence-corrected chi connectivity index (χ2v) is 2.44. The number of hydrogen-bond acceptors (Lipinski definition) is 3. The summed E-state index contributed by atoms with van der Waals surface area (Å²) in [5.74, 6) is 4.76. The van der Waals surface area contributed by atoms with E-state index >= 15 is 0 Å². The normalized spacial score (nSPS) is 10.2. The molecule has 0 atom stereocenters. The van der Waals surface area contributed by atoms with Crippen LogP contribution in [-0.4, -0.2) is 5.91 Å². The molecule has 1 amide bonds. The zero-order chi connectivity index (χ0) is 9.68. The molecule has 68 valence electrons. The van der Waals surface area contributed by atoms with Gasteiger partial charge in [0.25, 0.3) is 0 Å². The molecule has 0 aliphatic rings. The van der Waals surface area contributed by atoms with Crippen molar-refractivity contribution in [3.8, 4) is 0 Å². The Balaban J connectivity index is 2.75. The van der Waals surface area contributed by atoms with Gasteiger partial charge in [-0.05, 0) is 24.3 Å². The third kappa shape index (κ3) is 2.90. The first kappa shape index (κ1) is 9.18.